The van der Waals surface area contributed by atoms with Gasteiger partial charge >= 0.3 is 6.18 Å². The second-order valence-electron chi connectivity index (χ2n) is 9.92. The van der Waals surface area contributed by atoms with Crippen LogP contribution in [0.1, 0.15) is 41.7 Å². The van der Waals surface area contributed by atoms with Gasteiger partial charge in [0.05, 0.1) is 16.9 Å². The van der Waals surface area contributed by atoms with Crippen LogP contribution in [-0.2, 0) is 33.8 Å². The molecule has 0 aliphatic heterocycles. The number of halogens is 3. The Balaban J connectivity index is 1.65. The molecule has 0 aromatic heterocycles. The van der Waals surface area contributed by atoms with Crippen molar-refractivity contribution in [2.75, 3.05) is 6.26 Å². The Kier molecular flexibility index (Phi) is 11.2. The van der Waals surface area contributed by atoms with Crippen molar-refractivity contribution in [1.82, 2.24) is 5.32 Å². The van der Waals surface area contributed by atoms with Crippen LogP contribution < -0.4 is 5.32 Å². The van der Waals surface area contributed by atoms with Gasteiger partial charge in [-0.2, -0.15) is 13.2 Å². The number of aliphatic imine (C=N–C) groups is 1. The van der Waals surface area contributed by atoms with E-state index in [4.69, 9.17) is 0 Å². The molecular formula is C34H33F3N2O3S. The zero-order chi connectivity index (χ0) is 31.6. The number of benzene rings is 3. The van der Waals surface area contributed by atoms with Gasteiger partial charge in [0, 0.05) is 24.7 Å². The number of carbonyl (C=O) groups excluding carboxylic acids is 1. The van der Waals surface area contributed by atoms with Crippen LogP contribution in [0.25, 0.3) is 11.1 Å². The van der Waals surface area contributed by atoms with Crippen molar-refractivity contribution in [2.24, 2.45) is 4.99 Å². The molecule has 1 N–H and O–H groups in total. The summed E-state index contributed by atoms with van der Waals surface area (Å²) in [7, 11) is -3.29. The smallest absolute Gasteiger partial charge is 0.352 e. The summed E-state index contributed by atoms with van der Waals surface area (Å²) >= 11 is 0. The normalized spacial score (nSPS) is 13.3. The van der Waals surface area contributed by atoms with Gasteiger partial charge in [-0.1, -0.05) is 79.4 Å². The van der Waals surface area contributed by atoms with Gasteiger partial charge in [-0.15, -0.1) is 0 Å². The third-order valence-corrected chi connectivity index (χ3v) is 7.50. The van der Waals surface area contributed by atoms with Crippen molar-refractivity contribution in [3.8, 4) is 0 Å². The van der Waals surface area contributed by atoms with Gasteiger partial charge in [0.1, 0.15) is 0 Å². The zero-order valence-electron chi connectivity index (χ0n) is 24.2. The third kappa shape index (κ3) is 10.4. The fourth-order valence-corrected chi connectivity index (χ4v) is 4.65. The van der Waals surface area contributed by atoms with E-state index >= 15 is 0 Å². The SMILES string of the molecule is C=C\C=C/C(=C\C(C)=N/C=C(\C)c1ccc(CNC(=O)Cc2cccc(C(F)(F)F)c2)cc1)c1ccc(S(C)(=O)=O)cc1. The van der Waals surface area contributed by atoms with Crippen LogP contribution in [0.2, 0.25) is 0 Å². The molecule has 3 aromatic rings. The predicted molar refractivity (Wildman–Crippen MR) is 167 cm³/mol. The molecule has 9 heteroatoms. The topological polar surface area (TPSA) is 75.6 Å². The Morgan fingerprint density at radius 1 is 0.953 bits per heavy atom. The molecule has 0 aliphatic rings. The number of alkyl halides is 3. The minimum Gasteiger partial charge on any atom is -0.352 e. The monoisotopic (exact) mass is 606 g/mol. The lowest BCUT2D eigenvalue weighted by atomic mass is 10.0. The minimum atomic E-state index is -4.46. The second kappa shape index (κ2) is 14.6. The van der Waals surface area contributed by atoms with E-state index in [1.807, 2.05) is 50.3 Å². The fourth-order valence-electron chi connectivity index (χ4n) is 4.02. The average Bonchev–Trinajstić information content (AvgIpc) is 2.96. The lowest BCUT2D eigenvalue weighted by molar-refractivity contribution is -0.137. The number of sulfone groups is 1. The van der Waals surface area contributed by atoms with E-state index in [1.54, 1.807) is 42.6 Å². The van der Waals surface area contributed by atoms with Crippen molar-refractivity contribution < 1.29 is 26.4 Å². The molecule has 43 heavy (non-hydrogen) atoms. The fraction of sp³-hybridized carbons (Fsp3) is 0.176. The average molecular weight is 607 g/mol. The van der Waals surface area contributed by atoms with Crippen LogP contribution in [0.4, 0.5) is 13.2 Å². The number of hydrogen-bond donors (Lipinski definition) is 1. The largest absolute Gasteiger partial charge is 0.416 e. The molecule has 1 amide bonds. The first-order valence-electron chi connectivity index (χ1n) is 13.3. The Morgan fingerprint density at radius 2 is 1.60 bits per heavy atom. The summed E-state index contributed by atoms with van der Waals surface area (Å²) in [6, 6.07) is 18.9. The molecule has 0 unspecified atom stereocenters. The van der Waals surface area contributed by atoms with E-state index < -0.39 is 21.6 Å². The Hall–Kier alpha value is -4.50. The molecule has 3 rings (SSSR count). The molecular weight excluding hydrogens is 573 g/mol. The summed E-state index contributed by atoms with van der Waals surface area (Å²) < 4.78 is 62.3. The van der Waals surface area contributed by atoms with E-state index in [9.17, 15) is 26.4 Å². The number of hydrogen-bond acceptors (Lipinski definition) is 4. The number of carbonyl (C=O) groups is 1. The van der Waals surface area contributed by atoms with Gasteiger partial charge in [0.25, 0.3) is 0 Å². The first kappa shape index (κ1) is 33.0. The van der Waals surface area contributed by atoms with Crippen molar-refractivity contribution in [3.05, 3.63) is 138 Å². The Bertz CT molecular complexity index is 1680. The van der Waals surface area contributed by atoms with Crippen LogP contribution >= 0.6 is 0 Å². The molecule has 0 fully saturated rings. The summed E-state index contributed by atoms with van der Waals surface area (Å²) in [5.41, 5.74) is 4.61. The maximum absolute atomic E-state index is 12.9. The third-order valence-electron chi connectivity index (χ3n) is 6.37. The van der Waals surface area contributed by atoms with Crippen molar-refractivity contribution >= 4 is 32.6 Å². The standard InChI is InChI=1S/C34H33F3N2O3S/c1-5-6-9-30(29-15-17-32(18-16-29)43(4,41)42)19-25(3)38-22-24(2)28-13-11-26(12-14-28)23-39-33(40)21-27-8-7-10-31(20-27)34(35,36)37/h5-20,22H,1,21,23H2,2-4H3,(H,39,40)/b9-6-,24-22+,30-19+,38-25-. The molecule has 0 atom stereocenters. The molecule has 0 heterocycles. The number of nitrogens with zero attached hydrogens (tertiary/aromatic N) is 1. The molecule has 0 aliphatic carbocycles. The van der Waals surface area contributed by atoms with Crippen molar-refractivity contribution in [3.63, 3.8) is 0 Å². The summed E-state index contributed by atoms with van der Waals surface area (Å²) in [6.07, 6.45) is 5.52. The molecule has 224 valence electrons. The van der Waals surface area contributed by atoms with Gasteiger partial charge in [-0.05, 0) is 71.5 Å². The first-order chi connectivity index (χ1) is 20.3. The highest BCUT2D eigenvalue weighted by Gasteiger charge is 2.30. The Morgan fingerprint density at radius 3 is 2.21 bits per heavy atom. The van der Waals surface area contributed by atoms with Gasteiger partial charge in [-0.25, -0.2) is 8.42 Å². The number of amides is 1. The van der Waals surface area contributed by atoms with E-state index in [0.29, 0.717) is 5.56 Å². The lowest BCUT2D eigenvalue weighted by Gasteiger charge is -2.09. The molecule has 0 radical (unpaired) electrons. The quantitative estimate of drug-likeness (QED) is 0.180. The highest BCUT2D eigenvalue weighted by molar-refractivity contribution is 7.90. The molecule has 3 aromatic carbocycles. The molecule has 0 bridgehead atoms. The van der Waals surface area contributed by atoms with Crippen LogP contribution in [0.15, 0.2) is 120 Å². The van der Waals surface area contributed by atoms with E-state index in [-0.39, 0.29) is 23.8 Å². The number of nitrogens with one attached hydrogen (secondary N) is 1. The van der Waals surface area contributed by atoms with Crippen molar-refractivity contribution in [2.45, 2.75) is 37.9 Å². The first-order valence-corrected chi connectivity index (χ1v) is 15.2. The molecule has 0 saturated carbocycles. The summed E-state index contributed by atoms with van der Waals surface area (Å²) in [6.45, 7) is 7.74. The van der Waals surface area contributed by atoms with Gasteiger partial charge in [-0.3, -0.25) is 9.79 Å². The number of rotatable bonds is 11. The highest BCUT2D eigenvalue weighted by atomic mass is 32.2. The van der Waals surface area contributed by atoms with E-state index in [1.165, 1.54) is 18.4 Å². The van der Waals surface area contributed by atoms with Crippen LogP contribution in [-0.4, -0.2) is 26.3 Å². The molecule has 0 saturated heterocycles. The highest BCUT2D eigenvalue weighted by Crippen LogP contribution is 2.29. The molecule has 5 nitrogen and oxygen atoms in total. The van der Waals surface area contributed by atoms with Crippen LogP contribution in [0.3, 0.4) is 0 Å². The van der Waals surface area contributed by atoms with Crippen molar-refractivity contribution in [1.29, 1.82) is 0 Å². The number of allylic oxidation sites excluding steroid dienone is 6. The summed E-state index contributed by atoms with van der Waals surface area (Å²) in [4.78, 5) is 17.1. The Labute approximate surface area is 250 Å². The zero-order valence-corrected chi connectivity index (χ0v) is 25.0. The van der Waals surface area contributed by atoms with Gasteiger partial charge in [0.2, 0.25) is 5.91 Å². The van der Waals surface area contributed by atoms with E-state index in [0.717, 1.165) is 45.7 Å². The van der Waals surface area contributed by atoms with E-state index in [2.05, 4.69) is 16.9 Å². The van der Waals surface area contributed by atoms with Crippen LogP contribution in [0.5, 0.6) is 0 Å². The predicted octanol–water partition coefficient (Wildman–Crippen LogP) is 7.62. The summed E-state index contributed by atoms with van der Waals surface area (Å²) in [5, 5.41) is 2.75. The summed E-state index contributed by atoms with van der Waals surface area (Å²) in [5.74, 6) is -0.369. The maximum atomic E-state index is 12.9. The lowest BCUT2D eigenvalue weighted by Crippen LogP contribution is -2.24. The van der Waals surface area contributed by atoms with Gasteiger partial charge < -0.3 is 5.32 Å². The van der Waals surface area contributed by atoms with Crippen LogP contribution in [0, 0.1) is 0 Å². The molecule has 0 spiro atoms. The minimum absolute atomic E-state index is 0.146. The van der Waals surface area contributed by atoms with Gasteiger partial charge in [0.15, 0.2) is 9.84 Å². The maximum Gasteiger partial charge on any atom is 0.416 e. The second-order valence-corrected chi connectivity index (χ2v) is 11.9.